The molecule has 1 aromatic rings. The first kappa shape index (κ1) is 9.98. The average Bonchev–Trinajstić information content (AvgIpc) is 2.51. The Balaban J connectivity index is 2.68. The van der Waals surface area contributed by atoms with Crippen molar-refractivity contribution < 1.29 is 4.79 Å². The number of nitrogens with one attached hydrogen (secondary N) is 1. The van der Waals surface area contributed by atoms with Crippen molar-refractivity contribution in [3.63, 3.8) is 0 Å². The van der Waals surface area contributed by atoms with Gasteiger partial charge in [0.25, 0.3) is 0 Å². The van der Waals surface area contributed by atoms with Crippen molar-refractivity contribution in [2.75, 3.05) is 19.4 Å². The SMILES string of the molecule is CCc1ncsc1NC(=O)N(C)C. The number of anilines is 1. The fraction of sp³-hybridized carbons (Fsp3) is 0.500. The minimum Gasteiger partial charge on any atom is -0.331 e. The zero-order valence-corrected chi connectivity index (χ0v) is 8.81. The lowest BCUT2D eigenvalue weighted by Gasteiger charge is -2.10. The summed E-state index contributed by atoms with van der Waals surface area (Å²) < 4.78 is 0. The minimum atomic E-state index is -0.112. The zero-order valence-electron chi connectivity index (χ0n) is 8.00. The molecule has 1 rings (SSSR count). The third kappa shape index (κ3) is 2.42. The molecule has 0 fully saturated rings. The molecule has 0 radical (unpaired) electrons. The van der Waals surface area contributed by atoms with Crippen LogP contribution in [0.2, 0.25) is 0 Å². The number of carbonyl (C=O) groups excluding carboxylic acids is 1. The van der Waals surface area contributed by atoms with Crippen LogP contribution in [0.25, 0.3) is 0 Å². The molecule has 0 saturated carbocycles. The predicted octanol–water partition coefficient (Wildman–Crippen LogP) is 1.80. The molecular weight excluding hydrogens is 186 g/mol. The largest absolute Gasteiger partial charge is 0.331 e. The summed E-state index contributed by atoms with van der Waals surface area (Å²) in [6, 6.07) is -0.112. The number of urea groups is 1. The molecule has 0 saturated heterocycles. The first-order chi connectivity index (χ1) is 6.15. The molecule has 1 heterocycles. The molecule has 0 atom stereocenters. The van der Waals surface area contributed by atoms with Crippen LogP contribution in [0, 0.1) is 0 Å². The number of rotatable bonds is 2. The molecule has 72 valence electrons. The Morgan fingerprint density at radius 2 is 2.38 bits per heavy atom. The van der Waals surface area contributed by atoms with Gasteiger partial charge in [0.1, 0.15) is 5.00 Å². The topological polar surface area (TPSA) is 45.2 Å². The molecule has 2 amide bonds. The van der Waals surface area contributed by atoms with Crippen LogP contribution in [-0.4, -0.2) is 30.0 Å². The van der Waals surface area contributed by atoms with Crippen molar-refractivity contribution in [3.05, 3.63) is 11.2 Å². The smallest absolute Gasteiger partial charge is 0.321 e. The van der Waals surface area contributed by atoms with Gasteiger partial charge in [-0.1, -0.05) is 6.92 Å². The molecule has 4 nitrogen and oxygen atoms in total. The third-order valence-electron chi connectivity index (χ3n) is 1.60. The van der Waals surface area contributed by atoms with Gasteiger partial charge in [-0.15, -0.1) is 11.3 Å². The highest BCUT2D eigenvalue weighted by molar-refractivity contribution is 7.14. The molecule has 0 spiro atoms. The molecule has 0 aromatic carbocycles. The first-order valence-corrected chi connectivity index (χ1v) is 4.93. The van der Waals surface area contributed by atoms with Crippen LogP contribution in [0.1, 0.15) is 12.6 Å². The van der Waals surface area contributed by atoms with Crippen LogP contribution in [0.15, 0.2) is 5.51 Å². The van der Waals surface area contributed by atoms with Crippen LogP contribution in [0.3, 0.4) is 0 Å². The second kappa shape index (κ2) is 4.23. The highest BCUT2D eigenvalue weighted by Crippen LogP contribution is 2.20. The van der Waals surface area contributed by atoms with E-state index in [0.717, 1.165) is 17.1 Å². The van der Waals surface area contributed by atoms with Gasteiger partial charge in [0, 0.05) is 14.1 Å². The van der Waals surface area contributed by atoms with E-state index in [-0.39, 0.29) is 6.03 Å². The summed E-state index contributed by atoms with van der Waals surface area (Å²) in [6.45, 7) is 2.01. The Kier molecular flexibility index (Phi) is 3.25. The fourth-order valence-corrected chi connectivity index (χ4v) is 1.60. The number of hydrogen-bond acceptors (Lipinski definition) is 3. The summed E-state index contributed by atoms with van der Waals surface area (Å²) in [7, 11) is 3.42. The van der Waals surface area contributed by atoms with E-state index in [1.165, 1.54) is 16.2 Å². The van der Waals surface area contributed by atoms with Gasteiger partial charge < -0.3 is 4.90 Å². The summed E-state index contributed by atoms with van der Waals surface area (Å²) in [5.74, 6) is 0. The highest BCUT2D eigenvalue weighted by atomic mass is 32.1. The Morgan fingerprint density at radius 1 is 1.69 bits per heavy atom. The molecule has 0 unspecified atom stereocenters. The van der Waals surface area contributed by atoms with Crippen LogP contribution < -0.4 is 5.32 Å². The molecule has 1 aromatic heterocycles. The summed E-state index contributed by atoms with van der Waals surface area (Å²) in [4.78, 5) is 16.9. The van der Waals surface area contributed by atoms with Crippen molar-refractivity contribution in [1.82, 2.24) is 9.88 Å². The van der Waals surface area contributed by atoms with Gasteiger partial charge in [-0.25, -0.2) is 9.78 Å². The summed E-state index contributed by atoms with van der Waals surface area (Å²) in [5.41, 5.74) is 2.68. The molecule has 5 heteroatoms. The van der Waals surface area contributed by atoms with Crippen molar-refractivity contribution in [3.8, 4) is 0 Å². The predicted molar refractivity (Wildman–Crippen MR) is 54.2 cm³/mol. The van der Waals surface area contributed by atoms with Gasteiger partial charge in [-0.05, 0) is 6.42 Å². The van der Waals surface area contributed by atoms with Gasteiger partial charge in [0.05, 0.1) is 11.2 Å². The molecule has 13 heavy (non-hydrogen) atoms. The number of carbonyl (C=O) groups is 1. The van der Waals surface area contributed by atoms with E-state index in [1.807, 2.05) is 6.92 Å². The van der Waals surface area contributed by atoms with E-state index in [9.17, 15) is 4.79 Å². The van der Waals surface area contributed by atoms with Gasteiger partial charge in [0.2, 0.25) is 0 Å². The average molecular weight is 199 g/mol. The lowest BCUT2D eigenvalue weighted by atomic mass is 10.3. The zero-order chi connectivity index (χ0) is 9.84. The van der Waals surface area contributed by atoms with Crippen molar-refractivity contribution in [2.24, 2.45) is 0 Å². The number of aryl methyl sites for hydroxylation is 1. The lowest BCUT2D eigenvalue weighted by Crippen LogP contribution is -2.27. The van der Waals surface area contributed by atoms with E-state index in [4.69, 9.17) is 0 Å². The maximum atomic E-state index is 11.3. The molecular formula is C8H13N3OS. The number of thiazole rings is 1. The quantitative estimate of drug-likeness (QED) is 0.789. The van der Waals surface area contributed by atoms with Gasteiger partial charge in [-0.3, -0.25) is 5.32 Å². The Hall–Kier alpha value is -1.10. The van der Waals surface area contributed by atoms with Crippen molar-refractivity contribution in [2.45, 2.75) is 13.3 Å². The molecule has 0 aliphatic rings. The fourth-order valence-electron chi connectivity index (χ4n) is 0.832. The van der Waals surface area contributed by atoms with Gasteiger partial charge in [-0.2, -0.15) is 0 Å². The minimum absolute atomic E-state index is 0.112. The van der Waals surface area contributed by atoms with Gasteiger partial charge in [0.15, 0.2) is 0 Å². The number of aromatic nitrogens is 1. The van der Waals surface area contributed by atoms with Gasteiger partial charge >= 0.3 is 6.03 Å². The van der Waals surface area contributed by atoms with Crippen LogP contribution in [0.4, 0.5) is 9.80 Å². The van der Waals surface area contributed by atoms with Crippen LogP contribution in [0.5, 0.6) is 0 Å². The van der Waals surface area contributed by atoms with Crippen LogP contribution in [-0.2, 0) is 6.42 Å². The van der Waals surface area contributed by atoms with Crippen molar-refractivity contribution in [1.29, 1.82) is 0 Å². The summed E-state index contributed by atoms with van der Waals surface area (Å²) in [6.07, 6.45) is 0.840. The van der Waals surface area contributed by atoms with Crippen molar-refractivity contribution >= 4 is 22.4 Å². The summed E-state index contributed by atoms with van der Waals surface area (Å²) >= 11 is 1.45. The standard InChI is InChI=1S/C8H13N3OS/c1-4-6-7(13-5-9-6)10-8(12)11(2)3/h5H,4H2,1-3H3,(H,10,12). The third-order valence-corrected chi connectivity index (χ3v) is 2.39. The second-order valence-electron chi connectivity index (χ2n) is 2.81. The Labute approximate surface area is 81.6 Å². The van der Waals surface area contributed by atoms with E-state index in [0.29, 0.717) is 0 Å². The van der Waals surface area contributed by atoms with E-state index < -0.39 is 0 Å². The monoisotopic (exact) mass is 199 g/mol. The normalized spacial score (nSPS) is 9.77. The number of amides is 2. The maximum absolute atomic E-state index is 11.3. The molecule has 0 aliphatic heterocycles. The van der Waals surface area contributed by atoms with E-state index in [2.05, 4.69) is 10.3 Å². The molecule has 1 N–H and O–H groups in total. The Bertz CT molecular complexity index is 295. The molecule has 0 bridgehead atoms. The Morgan fingerprint density at radius 3 is 2.92 bits per heavy atom. The second-order valence-corrected chi connectivity index (χ2v) is 3.66. The number of nitrogens with zero attached hydrogens (tertiary/aromatic N) is 2. The first-order valence-electron chi connectivity index (χ1n) is 4.05. The van der Waals surface area contributed by atoms with E-state index in [1.54, 1.807) is 19.6 Å². The molecule has 0 aliphatic carbocycles. The highest BCUT2D eigenvalue weighted by Gasteiger charge is 2.08. The lowest BCUT2D eigenvalue weighted by molar-refractivity contribution is 0.231. The summed E-state index contributed by atoms with van der Waals surface area (Å²) in [5, 5.41) is 3.63. The van der Waals surface area contributed by atoms with Crippen LogP contribution >= 0.6 is 11.3 Å². The van der Waals surface area contributed by atoms with E-state index >= 15 is 0 Å². The maximum Gasteiger partial charge on any atom is 0.321 e. The number of hydrogen-bond donors (Lipinski definition) is 1.